The molecule has 1 aliphatic rings. The van der Waals surface area contributed by atoms with Gasteiger partial charge in [0.25, 0.3) is 0 Å². The third-order valence-corrected chi connectivity index (χ3v) is 4.16. The molecule has 0 amide bonds. The van der Waals surface area contributed by atoms with E-state index in [-0.39, 0.29) is 10.7 Å². The van der Waals surface area contributed by atoms with E-state index in [2.05, 4.69) is 9.88 Å². The Morgan fingerprint density at radius 3 is 2.81 bits per heavy atom. The van der Waals surface area contributed by atoms with Crippen LogP contribution in [0.15, 0.2) is 24.4 Å². The second kappa shape index (κ2) is 5.79. The van der Waals surface area contributed by atoms with Gasteiger partial charge in [0.2, 0.25) is 5.65 Å². The number of imidazole rings is 1. The molecule has 0 aromatic carbocycles. The molecule has 0 spiro atoms. The highest BCUT2D eigenvalue weighted by molar-refractivity contribution is 5.48. The fraction of sp³-hybridized carbons (Fsp3) is 0.500. The predicted molar refractivity (Wildman–Crippen MR) is 78.9 cm³/mol. The van der Waals surface area contributed by atoms with E-state index in [4.69, 9.17) is 5.73 Å². The molecule has 1 saturated heterocycles. The molecule has 112 valence electrons. The highest BCUT2D eigenvalue weighted by atomic mass is 16.6. The van der Waals surface area contributed by atoms with Crippen LogP contribution in [0.4, 0.5) is 5.82 Å². The molecule has 7 nitrogen and oxygen atoms in total. The standard InChI is InChI=1S/C14H19N5O2/c15-9-11-4-7-17(8-5-11)10-12-14(19(20)21)18-6-2-1-3-13(18)16-12/h1-3,6,11H,4-5,7-10,15H2. The maximum Gasteiger partial charge on any atom is 0.352 e. The number of aromatic nitrogens is 2. The Morgan fingerprint density at radius 1 is 1.38 bits per heavy atom. The van der Waals surface area contributed by atoms with Gasteiger partial charge in [0.15, 0.2) is 5.69 Å². The number of hydrogen-bond donors (Lipinski definition) is 1. The van der Waals surface area contributed by atoms with Crippen LogP contribution in [0.2, 0.25) is 0 Å². The van der Waals surface area contributed by atoms with Crippen molar-refractivity contribution in [2.24, 2.45) is 11.7 Å². The van der Waals surface area contributed by atoms with Gasteiger partial charge in [-0.25, -0.2) is 4.98 Å². The highest BCUT2D eigenvalue weighted by Gasteiger charge is 2.25. The molecular weight excluding hydrogens is 270 g/mol. The van der Waals surface area contributed by atoms with Crippen LogP contribution in [0, 0.1) is 16.0 Å². The second-order valence-electron chi connectivity index (χ2n) is 5.52. The summed E-state index contributed by atoms with van der Waals surface area (Å²) < 4.78 is 1.54. The maximum absolute atomic E-state index is 11.3. The number of nitro groups is 1. The van der Waals surface area contributed by atoms with Crippen LogP contribution in [0.3, 0.4) is 0 Å². The largest absolute Gasteiger partial charge is 0.358 e. The van der Waals surface area contributed by atoms with Crippen molar-refractivity contribution in [2.45, 2.75) is 19.4 Å². The summed E-state index contributed by atoms with van der Waals surface area (Å²) in [6, 6.07) is 5.40. The Kier molecular flexibility index (Phi) is 3.85. The van der Waals surface area contributed by atoms with E-state index >= 15 is 0 Å². The van der Waals surface area contributed by atoms with Gasteiger partial charge >= 0.3 is 5.82 Å². The zero-order valence-corrected chi connectivity index (χ0v) is 11.8. The normalized spacial score (nSPS) is 17.4. The summed E-state index contributed by atoms with van der Waals surface area (Å²) >= 11 is 0. The van der Waals surface area contributed by atoms with Crippen molar-refractivity contribution >= 4 is 11.5 Å². The first kappa shape index (κ1) is 14.0. The molecule has 2 aromatic heterocycles. The Labute approximate surface area is 122 Å². The summed E-state index contributed by atoms with van der Waals surface area (Å²) in [5.74, 6) is 0.656. The van der Waals surface area contributed by atoms with Crippen molar-refractivity contribution < 1.29 is 4.92 Å². The number of likely N-dealkylation sites (tertiary alicyclic amines) is 1. The first-order valence-electron chi connectivity index (χ1n) is 7.22. The minimum atomic E-state index is -0.345. The quantitative estimate of drug-likeness (QED) is 0.679. The van der Waals surface area contributed by atoms with Crippen molar-refractivity contribution in [1.29, 1.82) is 0 Å². The minimum Gasteiger partial charge on any atom is -0.358 e. The van der Waals surface area contributed by atoms with Crippen molar-refractivity contribution in [3.8, 4) is 0 Å². The zero-order chi connectivity index (χ0) is 14.8. The van der Waals surface area contributed by atoms with Gasteiger partial charge in [0.1, 0.15) is 0 Å². The lowest BCUT2D eigenvalue weighted by Gasteiger charge is -2.30. The van der Waals surface area contributed by atoms with Gasteiger partial charge < -0.3 is 15.8 Å². The molecule has 1 aliphatic heterocycles. The van der Waals surface area contributed by atoms with Gasteiger partial charge in [0.05, 0.1) is 6.20 Å². The summed E-state index contributed by atoms with van der Waals surface area (Å²) in [5.41, 5.74) is 6.85. The molecule has 0 radical (unpaired) electrons. The topological polar surface area (TPSA) is 89.7 Å². The molecule has 21 heavy (non-hydrogen) atoms. The molecule has 2 N–H and O–H groups in total. The van der Waals surface area contributed by atoms with Crippen molar-refractivity contribution in [2.75, 3.05) is 19.6 Å². The molecular formula is C14H19N5O2. The predicted octanol–water partition coefficient (Wildman–Crippen LogP) is 1.41. The second-order valence-corrected chi connectivity index (χ2v) is 5.52. The first-order chi connectivity index (χ1) is 10.2. The van der Waals surface area contributed by atoms with Crippen LogP contribution in [0.1, 0.15) is 18.5 Å². The van der Waals surface area contributed by atoms with E-state index < -0.39 is 0 Å². The van der Waals surface area contributed by atoms with Gasteiger partial charge in [-0.05, 0) is 49.4 Å². The molecule has 3 heterocycles. The Balaban J connectivity index is 1.84. The molecule has 1 fully saturated rings. The molecule has 7 heteroatoms. The molecule has 0 aliphatic carbocycles. The van der Waals surface area contributed by atoms with E-state index in [0.29, 0.717) is 23.8 Å². The first-order valence-corrected chi connectivity index (χ1v) is 7.22. The molecule has 0 unspecified atom stereocenters. The average Bonchev–Trinajstić information content (AvgIpc) is 2.86. The summed E-state index contributed by atoms with van der Waals surface area (Å²) in [6.45, 7) is 3.09. The van der Waals surface area contributed by atoms with Crippen LogP contribution < -0.4 is 5.73 Å². The van der Waals surface area contributed by atoms with Crippen molar-refractivity contribution in [1.82, 2.24) is 14.3 Å². The third kappa shape index (κ3) is 2.74. The number of nitrogens with two attached hydrogens (primary N) is 1. The lowest BCUT2D eigenvalue weighted by molar-refractivity contribution is -0.391. The van der Waals surface area contributed by atoms with Crippen LogP contribution in [-0.4, -0.2) is 38.8 Å². The SMILES string of the molecule is NCC1CCN(Cc2nc3ccccn3c2[N+](=O)[O-])CC1. The van der Waals surface area contributed by atoms with Gasteiger partial charge in [-0.15, -0.1) is 0 Å². The number of fused-ring (bicyclic) bond motifs is 1. The molecule has 3 rings (SSSR count). The van der Waals surface area contributed by atoms with Crippen LogP contribution in [0.5, 0.6) is 0 Å². The number of rotatable bonds is 4. The van der Waals surface area contributed by atoms with Crippen molar-refractivity contribution in [3.05, 3.63) is 40.2 Å². The van der Waals surface area contributed by atoms with Crippen LogP contribution >= 0.6 is 0 Å². The summed E-state index contributed by atoms with van der Waals surface area (Å²) in [4.78, 5) is 17.6. The molecule has 0 bridgehead atoms. The molecule has 0 atom stereocenters. The summed E-state index contributed by atoms with van der Waals surface area (Å²) in [7, 11) is 0. The monoisotopic (exact) mass is 289 g/mol. The number of piperidine rings is 1. The van der Waals surface area contributed by atoms with Gasteiger partial charge in [0, 0.05) is 12.6 Å². The van der Waals surface area contributed by atoms with E-state index in [1.165, 1.54) is 0 Å². The van der Waals surface area contributed by atoms with E-state index in [1.807, 2.05) is 6.07 Å². The third-order valence-electron chi connectivity index (χ3n) is 4.16. The maximum atomic E-state index is 11.3. The number of pyridine rings is 1. The Bertz CT molecular complexity index is 646. The van der Waals surface area contributed by atoms with Gasteiger partial charge in [-0.1, -0.05) is 6.07 Å². The highest BCUT2D eigenvalue weighted by Crippen LogP contribution is 2.24. The van der Waals surface area contributed by atoms with E-state index in [1.54, 1.807) is 22.7 Å². The fourth-order valence-corrected chi connectivity index (χ4v) is 2.92. The van der Waals surface area contributed by atoms with Gasteiger partial charge in [-0.3, -0.25) is 4.90 Å². The summed E-state index contributed by atoms with van der Waals surface area (Å²) in [5, 5.41) is 11.3. The van der Waals surface area contributed by atoms with Crippen LogP contribution in [0.25, 0.3) is 5.65 Å². The smallest absolute Gasteiger partial charge is 0.352 e. The van der Waals surface area contributed by atoms with Gasteiger partial charge in [-0.2, -0.15) is 4.40 Å². The fourth-order valence-electron chi connectivity index (χ4n) is 2.92. The zero-order valence-electron chi connectivity index (χ0n) is 11.8. The average molecular weight is 289 g/mol. The van der Waals surface area contributed by atoms with E-state index in [9.17, 15) is 10.1 Å². The lowest BCUT2D eigenvalue weighted by atomic mass is 9.97. The Hall–Kier alpha value is -1.99. The lowest BCUT2D eigenvalue weighted by Crippen LogP contribution is -2.35. The molecule has 2 aromatic rings. The van der Waals surface area contributed by atoms with Crippen LogP contribution in [-0.2, 0) is 6.54 Å². The van der Waals surface area contributed by atoms with Crippen molar-refractivity contribution in [3.63, 3.8) is 0 Å². The molecule has 0 saturated carbocycles. The van der Waals surface area contributed by atoms with E-state index in [0.717, 1.165) is 32.5 Å². The summed E-state index contributed by atoms with van der Waals surface area (Å²) in [6.07, 6.45) is 3.79. The Morgan fingerprint density at radius 2 is 2.14 bits per heavy atom. The number of hydrogen-bond acceptors (Lipinski definition) is 5. The number of nitrogens with zero attached hydrogens (tertiary/aromatic N) is 4. The minimum absolute atomic E-state index is 0.0755.